The van der Waals surface area contributed by atoms with Gasteiger partial charge in [-0.05, 0) is 30.7 Å². The molecule has 0 fully saturated rings. The summed E-state index contributed by atoms with van der Waals surface area (Å²) in [7, 11) is 3.34. The van der Waals surface area contributed by atoms with Gasteiger partial charge in [-0.25, -0.2) is 0 Å². The van der Waals surface area contributed by atoms with Gasteiger partial charge >= 0.3 is 0 Å². The molecule has 0 aliphatic carbocycles. The second-order valence-corrected chi connectivity index (χ2v) is 6.24. The molecule has 2 amide bonds. The van der Waals surface area contributed by atoms with E-state index in [0.717, 1.165) is 12.8 Å². The first-order valence-corrected chi connectivity index (χ1v) is 6.85. The monoisotopic (exact) mass is 271 g/mol. The maximum Gasteiger partial charge on any atom is 0.241 e. The summed E-state index contributed by atoms with van der Waals surface area (Å²) in [6, 6.07) is 0. The van der Waals surface area contributed by atoms with Crippen molar-refractivity contribution in [2.45, 2.75) is 40.0 Å². The Morgan fingerprint density at radius 3 is 2.21 bits per heavy atom. The Labute approximate surface area is 116 Å². The number of rotatable bonds is 7. The number of likely N-dealkylation sites (N-methyl/N-ethyl adjacent to an activating group) is 1. The first-order chi connectivity index (χ1) is 8.68. The smallest absolute Gasteiger partial charge is 0.241 e. The van der Waals surface area contributed by atoms with Crippen molar-refractivity contribution < 1.29 is 9.59 Å². The van der Waals surface area contributed by atoms with Crippen LogP contribution in [0.2, 0.25) is 0 Å². The second-order valence-electron chi connectivity index (χ2n) is 6.24. The summed E-state index contributed by atoms with van der Waals surface area (Å²) in [4.78, 5) is 24.5. The van der Waals surface area contributed by atoms with Gasteiger partial charge in [0.05, 0.1) is 6.54 Å². The molecule has 5 nitrogen and oxygen atoms in total. The fraction of sp³-hybridized carbons (Fsp3) is 0.857. The van der Waals surface area contributed by atoms with E-state index in [1.807, 2.05) is 0 Å². The number of nitrogens with two attached hydrogens (primary N) is 1. The maximum atomic E-state index is 11.7. The van der Waals surface area contributed by atoms with Crippen LogP contribution in [0.3, 0.4) is 0 Å². The molecule has 112 valence electrons. The van der Waals surface area contributed by atoms with Gasteiger partial charge in [-0.3, -0.25) is 9.59 Å². The highest BCUT2D eigenvalue weighted by Gasteiger charge is 2.24. The molecule has 3 N–H and O–H groups in total. The predicted molar refractivity (Wildman–Crippen MR) is 77.6 cm³/mol. The van der Waals surface area contributed by atoms with Crippen molar-refractivity contribution in [2.24, 2.45) is 17.1 Å². The second kappa shape index (κ2) is 8.15. The molecule has 0 bridgehead atoms. The zero-order chi connectivity index (χ0) is 15.1. The molecule has 0 aliphatic heterocycles. The highest BCUT2D eigenvalue weighted by molar-refractivity contribution is 5.84. The molecule has 0 rings (SSSR count). The summed E-state index contributed by atoms with van der Waals surface area (Å²) in [6.45, 7) is 7.22. The Balaban J connectivity index is 4.09. The number of carbonyl (C=O) groups excluding carboxylic acids is 2. The van der Waals surface area contributed by atoms with E-state index < -0.39 is 0 Å². The molecule has 0 heterocycles. The fourth-order valence-electron chi connectivity index (χ4n) is 1.94. The van der Waals surface area contributed by atoms with Crippen LogP contribution in [0.15, 0.2) is 0 Å². The summed E-state index contributed by atoms with van der Waals surface area (Å²) < 4.78 is 0. The standard InChI is InChI=1S/C14H29N3O2/c1-14(2,3)11(8-9-15)6-7-12(18)16-10-13(19)17(4)5/h11H,6-10,15H2,1-5H3,(H,16,18). The van der Waals surface area contributed by atoms with Crippen LogP contribution in [0.4, 0.5) is 0 Å². The average Bonchev–Trinajstić information content (AvgIpc) is 2.29. The Bertz CT molecular complexity index is 296. The lowest BCUT2D eigenvalue weighted by molar-refractivity contribution is -0.131. The van der Waals surface area contributed by atoms with E-state index in [2.05, 4.69) is 26.1 Å². The van der Waals surface area contributed by atoms with E-state index in [1.165, 1.54) is 4.90 Å². The summed E-state index contributed by atoms with van der Waals surface area (Å²) in [6.07, 6.45) is 2.18. The molecule has 0 spiro atoms. The number of amides is 2. The van der Waals surface area contributed by atoms with E-state index in [9.17, 15) is 9.59 Å². The first kappa shape index (κ1) is 17.9. The largest absolute Gasteiger partial charge is 0.347 e. The van der Waals surface area contributed by atoms with Gasteiger partial charge in [0, 0.05) is 20.5 Å². The van der Waals surface area contributed by atoms with E-state index in [1.54, 1.807) is 14.1 Å². The Kier molecular flexibility index (Phi) is 7.68. The van der Waals surface area contributed by atoms with Crippen LogP contribution in [0, 0.1) is 11.3 Å². The fourth-order valence-corrected chi connectivity index (χ4v) is 1.94. The first-order valence-electron chi connectivity index (χ1n) is 6.85. The number of carbonyl (C=O) groups is 2. The third-order valence-corrected chi connectivity index (χ3v) is 3.40. The minimum atomic E-state index is -0.0947. The zero-order valence-electron chi connectivity index (χ0n) is 13.0. The lowest BCUT2D eigenvalue weighted by Gasteiger charge is -2.30. The SMILES string of the molecule is CN(C)C(=O)CNC(=O)CCC(CCN)C(C)(C)C. The third kappa shape index (κ3) is 7.82. The molecular weight excluding hydrogens is 242 g/mol. The molecule has 5 heteroatoms. The Hall–Kier alpha value is -1.10. The van der Waals surface area contributed by atoms with Crippen LogP contribution in [-0.4, -0.2) is 43.9 Å². The maximum absolute atomic E-state index is 11.7. The van der Waals surface area contributed by atoms with Crippen LogP contribution >= 0.6 is 0 Å². The topological polar surface area (TPSA) is 75.4 Å². The van der Waals surface area contributed by atoms with E-state index in [0.29, 0.717) is 18.9 Å². The highest BCUT2D eigenvalue weighted by atomic mass is 16.2. The van der Waals surface area contributed by atoms with Crippen molar-refractivity contribution in [3.8, 4) is 0 Å². The van der Waals surface area contributed by atoms with Gasteiger partial charge in [0.15, 0.2) is 0 Å². The molecule has 0 radical (unpaired) electrons. The van der Waals surface area contributed by atoms with Crippen LogP contribution in [-0.2, 0) is 9.59 Å². The van der Waals surface area contributed by atoms with Crippen molar-refractivity contribution in [2.75, 3.05) is 27.2 Å². The van der Waals surface area contributed by atoms with Gasteiger partial charge < -0.3 is 16.0 Å². The summed E-state index contributed by atoms with van der Waals surface area (Å²) in [5.74, 6) is 0.261. The van der Waals surface area contributed by atoms with Crippen molar-refractivity contribution in [1.29, 1.82) is 0 Å². The van der Waals surface area contributed by atoms with Crippen LogP contribution < -0.4 is 11.1 Å². The average molecular weight is 271 g/mol. The summed E-state index contributed by atoms with van der Waals surface area (Å²) in [5, 5.41) is 2.65. The molecular formula is C14H29N3O2. The molecule has 0 aromatic heterocycles. The lowest BCUT2D eigenvalue weighted by atomic mass is 9.76. The van der Waals surface area contributed by atoms with Crippen molar-refractivity contribution in [3.05, 3.63) is 0 Å². The van der Waals surface area contributed by atoms with Crippen LogP contribution in [0.1, 0.15) is 40.0 Å². The van der Waals surface area contributed by atoms with E-state index in [-0.39, 0.29) is 23.8 Å². The quantitative estimate of drug-likeness (QED) is 0.725. The molecule has 0 aromatic carbocycles. The Morgan fingerprint density at radius 2 is 1.79 bits per heavy atom. The minimum absolute atomic E-state index is 0.0681. The van der Waals surface area contributed by atoms with E-state index >= 15 is 0 Å². The highest BCUT2D eigenvalue weighted by Crippen LogP contribution is 2.31. The summed E-state index contributed by atoms with van der Waals surface area (Å²) in [5.41, 5.74) is 5.77. The van der Waals surface area contributed by atoms with Crippen molar-refractivity contribution >= 4 is 11.8 Å². The number of nitrogens with zero attached hydrogens (tertiary/aromatic N) is 1. The normalized spacial score (nSPS) is 12.9. The summed E-state index contributed by atoms with van der Waals surface area (Å²) >= 11 is 0. The van der Waals surface area contributed by atoms with Gasteiger partial charge in [0.25, 0.3) is 0 Å². The minimum Gasteiger partial charge on any atom is -0.347 e. The van der Waals surface area contributed by atoms with Gasteiger partial charge in [-0.15, -0.1) is 0 Å². The predicted octanol–water partition coefficient (Wildman–Crippen LogP) is 0.982. The van der Waals surface area contributed by atoms with Crippen molar-refractivity contribution in [3.63, 3.8) is 0 Å². The molecule has 1 unspecified atom stereocenters. The van der Waals surface area contributed by atoms with Crippen LogP contribution in [0.5, 0.6) is 0 Å². The van der Waals surface area contributed by atoms with E-state index in [4.69, 9.17) is 5.73 Å². The molecule has 0 aromatic rings. The Morgan fingerprint density at radius 1 is 1.21 bits per heavy atom. The van der Waals surface area contributed by atoms with Gasteiger partial charge in [-0.2, -0.15) is 0 Å². The number of hydrogen-bond acceptors (Lipinski definition) is 3. The molecule has 0 saturated heterocycles. The molecule has 1 atom stereocenters. The molecule has 0 saturated carbocycles. The van der Waals surface area contributed by atoms with Crippen LogP contribution in [0.25, 0.3) is 0 Å². The van der Waals surface area contributed by atoms with Crippen molar-refractivity contribution in [1.82, 2.24) is 10.2 Å². The molecule has 0 aliphatic rings. The molecule has 19 heavy (non-hydrogen) atoms. The van der Waals surface area contributed by atoms with Gasteiger partial charge in [0.2, 0.25) is 11.8 Å². The number of hydrogen-bond donors (Lipinski definition) is 2. The number of nitrogens with one attached hydrogen (secondary N) is 1. The zero-order valence-corrected chi connectivity index (χ0v) is 13.0. The van der Waals surface area contributed by atoms with Gasteiger partial charge in [0.1, 0.15) is 0 Å². The van der Waals surface area contributed by atoms with Gasteiger partial charge in [-0.1, -0.05) is 20.8 Å². The third-order valence-electron chi connectivity index (χ3n) is 3.40. The lowest BCUT2D eigenvalue weighted by Crippen LogP contribution is -2.36.